The molecule has 3 rings (SSSR count). The van der Waals surface area contributed by atoms with Crippen molar-refractivity contribution >= 4 is 34.4 Å². The van der Waals surface area contributed by atoms with E-state index in [4.69, 9.17) is 9.47 Å². The second kappa shape index (κ2) is 5.53. The van der Waals surface area contributed by atoms with Crippen LogP contribution in [0.1, 0.15) is 10.4 Å². The van der Waals surface area contributed by atoms with Crippen LogP contribution in [0.5, 0.6) is 11.5 Å². The van der Waals surface area contributed by atoms with Gasteiger partial charge < -0.3 is 19.7 Å². The number of carbonyl (C=O) groups is 2. The highest BCUT2D eigenvalue weighted by atomic mass is 32.1. The summed E-state index contributed by atoms with van der Waals surface area (Å²) in [5, 5.41) is 20.6. The molecule has 0 amide bonds. The minimum Gasteiger partial charge on any atom is -0.478 e. The third-order valence-corrected chi connectivity index (χ3v) is 3.99. The Morgan fingerprint density at radius 3 is 2.36 bits per heavy atom. The van der Waals surface area contributed by atoms with Crippen molar-refractivity contribution in [3.8, 4) is 11.5 Å². The third kappa shape index (κ3) is 2.42. The Labute approximate surface area is 128 Å². The van der Waals surface area contributed by atoms with E-state index in [0.717, 1.165) is 0 Å². The molecule has 0 radical (unpaired) electrons. The van der Waals surface area contributed by atoms with Gasteiger partial charge >= 0.3 is 11.9 Å². The maximum atomic E-state index is 11.7. The molecular weight excluding hydrogens is 308 g/mol. The van der Waals surface area contributed by atoms with Gasteiger partial charge in [0.1, 0.15) is 0 Å². The van der Waals surface area contributed by atoms with Crippen molar-refractivity contribution in [3.63, 3.8) is 0 Å². The van der Waals surface area contributed by atoms with E-state index in [9.17, 15) is 19.8 Å². The van der Waals surface area contributed by atoms with Crippen molar-refractivity contribution < 1.29 is 29.3 Å². The van der Waals surface area contributed by atoms with Gasteiger partial charge in [0.25, 0.3) is 0 Å². The van der Waals surface area contributed by atoms with Gasteiger partial charge in [-0.05, 0) is 29.1 Å². The highest BCUT2D eigenvalue weighted by molar-refractivity contribution is 7.11. The first kappa shape index (κ1) is 14.2. The van der Waals surface area contributed by atoms with E-state index in [1.807, 2.05) is 0 Å². The monoisotopic (exact) mass is 318 g/mol. The highest BCUT2D eigenvalue weighted by Crippen LogP contribution is 2.37. The summed E-state index contributed by atoms with van der Waals surface area (Å²) in [5.41, 5.74) is -0.280. The largest absolute Gasteiger partial charge is 0.478 e. The predicted molar refractivity (Wildman–Crippen MR) is 79.0 cm³/mol. The number of hydrogen-bond donors (Lipinski definition) is 2. The number of fused-ring (bicyclic) bond motifs is 1. The molecule has 2 aromatic rings. The van der Waals surface area contributed by atoms with Crippen molar-refractivity contribution in [2.75, 3.05) is 6.79 Å². The van der Waals surface area contributed by atoms with E-state index in [-0.39, 0.29) is 23.5 Å². The number of thiophene rings is 1. The minimum absolute atomic E-state index is 0.0572. The lowest BCUT2D eigenvalue weighted by atomic mass is 9.98. The van der Waals surface area contributed by atoms with E-state index < -0.39 is 11.9 Å². The molecule has 0 saturated carbocycles. The van der Waals surface area contributed by atoms with Crippen LogP contribution in [0.3, 0.4) is 0 Å². The molecule has 0 unspecified atom stereocenters. The molecule has 7 heteroatoms. The first-order valence-corrected chi connectivity index (χ1v) is 7.10. The Morgan fingerprint density at radius 1 is 1.00 bits per heavy atom. The Hall–Kier alpha value is -2.80. The second-order valence-corrected chi connectivity index (χ2v) is 5.35. The van der Waals surface area contributed by atoms with Crippen molar-refractivity contribution in [1.29, 1.82) is 0 Å². The second-order valence-electron chi connectivity index (χ2n) is 4.41. The van der Waals surface area contributed by atoms with Crippen molar-refractivity contribution in [3.05, 3.63) is 46.2 Å². The molecule has 1 aliphatic rings. The molecule has 2 N–H and O–H groups in total. The van der Waals surface area contributed by atoms with Gasteiger partial charge in [0.15, 0.2) is 11.5 Å². The number of carboxylic acids is 2. The van der Waals surface area contributed by atoms with Crippen LogP contribution in [-0.4, -0.2) is 28.9 Å². The van der Waals surface area contributed by atoms with E-state index >= 15 is 0 Å². The molecule has 2 heterocycles. The van der Waals surface area contributed by atoms with Crippen LogP contribution in [0, 0.1) is 0 Å². The Bertz CT molecular complexity index is 775. The summed E-state index contributed by atoms with van der Waals surface area (Å²) in [7, 11) is 0. The van der Waals surface area contributed by atoms with Gasteiger partial charge in [-0.15, -0.1) is 11.3 Å². The van der Waals surface area contributed by atoms with E-state index in [1.54, 1.807) is 23.6 Å². The predicted octanol–water partition coefficient (Wildman–Crippen LogP) is 2.56. The molecule has 0 saturated heterocycles. The van der Waals surface area contributed by atoms with Gasteiger partial charge in [-0.25, -0.2) is 9.59 Å². The highest BCUT2D eigenvalue weighted by Gasteiger charge is 2.26. The molecule has 1 aromatic carbocycles. The van der Waals surface area contributed by atoms with E-state index in [0.29, 0.717) is 16.4 Å². The molecule has 112 valence electrons. The van der Waals surface area contributed by atoms with Crippen LogP contribution in [0.15, 0.2) is 35.7 Å². The van der Waals surface area contributed by atoms with Gasteiger partial charge in [0.2, 0.25) is 6.79 Å². The first-order chi connectivity index (χ1) is 10.6. The molecular formula is C15H10O6S. The fraction of sp³-hybridized carbons (Fsp3) is 0.0667. The molecule has 1 aliphatic heterocycles. The van der Waals surface area contributed by atoms with Crippen LogP contribution in [-0.2, 0) is 9.59 Å². The van der Waals surface area contributed by atoms with Crippen molar-refractivity contribution in [2.45, 2.75) is 0 Å². The van der Waals surface area contributed by atoms with E-state index in [1.165, 1.54) is 23.5 Å². The Balaban J connectivity index is 2.22. The van der Waals surface area contributed by atoms with Crippen LogP contribution in [0.2, 0.25) is 0 Å². The third-order valence-electron chi connectivity index (χ3n) is 3.11. The van der Waals surface area contributed by atoms with Crippen molar-refractivity contribution in [1.82, 2.24) is 0 Å². The number of aliphatic carboxylic acids is 2. The number of carboxylic acid groups (broad SMARTS) is 2. The molecule has 0 atom stereocenters. The summed E-state index contributed by atoms with van der Waals surface area (Å²) in [5.74, 6) is -1.71. The maximum Gasteiger partial charge on any atom is 0.338 e. The lowest BCUT2D eigenvalue weighted by Crippen LogP contribution is -2.09. The zero-order chi connectivity index (χ0) is 15.7. The zero-order valence-electron chi connectivity index (χ0n) is 11.1. The quantitative estimate of drug-likeness (QED) is 0.842. The standard InChI is InChI=1S/C15H10O6S/c16-14(17)12(13(15(18)19)11-2-1-5-22-11)8-3-4-9-10(6-8)21-7-20-9/h1-6H,7H2,(H,16,17)(H,18,19)/b13-12-. The SMILES string of the molecule is O=C(O)/C(=C(\C(=O)O)c1cccs1)c1ccc2c(c1)OCO2. The summed E-state index contributed by atoms with van der Waals surface area (Å²) in [4.78, 5) is 23.6. The molecule has 0 spiro atoms. The van der Waals surface area contributed by atoms with Gasteiger partial charge in [-0.1, -0.05) is 12.1 Å². The lowest BCUT2D eigenvalue weighted by molar-refractivity contribution is -0.132. The summed E-state index contributed by atoms with van der Waals surface area (Å²) < 4.78 is 10.4. The normalized spacial score (nSPS) is 13.6. The summed E-state index contributed by atoms with van der Waals surface area (Å²) in [6, 6.07) is 7.79. The Kier molecular flexibility index (Phi) is 3.56. The molecule has 0 aliphatic carbocycles. The van der Waals surface area contributed by atoms with Gasteiger partial charge in [0.05, 0.1) is 11.1 Å². The van der Waals surface area contributed by atoms with Crippen LogP contribution in [0.25, 0.3) is 11.1 Å². The fourth-order valence-electron chi connectivity index (χ4n) is 2.18. The number of ether oxygens (including phenoxy) is 2. The van der Waals surface area contributed by atoms with Gasteiger partial charge in [0, 0.05) is 4.88 Å². The lowest BCUT2D eigenvalue weighted by Gasteiger charge is -2.09. The summed E-state index contributed by atoms with van der Waals surface area (Å²) in [6.45, 7) is 0.0572. The summed E-state index contributed by atoms with van der Waals surface area (Å²) >= 11 is 1.17. The first-order valence-electron chi connectivity index (χ1n) is 6.22. The number of rotatable bonds is 4. The van der Waals surface area contributed by atoms with Crippen molar-refractivity contribution in [2.24, 2.45) is 0 Å². The zero-order valence-corrected chi connectivity index (χ0v) is 11.9. The van der Waals surface area contributed by atoms with Crippen LogP contribution < -0.4 is 9.47 Å². The molecule has 0 fully saturated rings. The average Bonchev–Trinajstić information content (AvgIpc) is 3.14. The van der Waals surface area contributed by atoms with Crippen LogP contribution >= 0.6 is 11.3 Å². The summed E-state index contributed by atoms with van der Waals surface area (Å²) in [6.07, 6.45) is 0. The Morgan fingerprint density at radius 2 is 1.73 bits per heavy atom. The molecule has 6 nitrogen and oxygen atoms in total. The minimum atomic E-state index is -1.32. The number of hydrogen-bond acceptors (Lipinski definition) is 5. The van der Waals surface area contributed by atoms with Crippen LogP contribution in [0.4, 0.5) is 0 Å². The number of benzene rings is 1. The van der Waals surface area contributed by atoms with Gasteiger partial charge in [-0.3, -0.25) is 0 Å². The van der Waals surface area contributed by atoms with Gasteiger partial charge in [-0.2, -0.15) is 0 Å². The maximum absolute atomic E-state index is 11.7. The molecule has 1 aromatic heterocycles. The smallest absolute Gasteiger partial charge is 0.338 e. The fourth-order valence-corrected chi connectivity index (χ4v) is 2.95. The molecule has 0 bridgehead atoms. The molecule has 22 heavy (non-hydrogen) atoms. The average molecular weight is 318 g/mol. The topological polar surface area (TPSA) is 93.1 Å². The van der Waals surface area contributed by atoms with E-state index in [2.05, 4.69) is 0 Å².